The monoisotopic (exact) mass is 384 g/mol. The third-order valence-electron chi connectivity index (χ3n) is 3.64. The third kappa shape index (κ3) is 5.59. The molecule has 25 heavy (non-hydrogen) atoms. The van der Waals surface area contributed by atoms with Gasteiger partial charge in [-0.15, -0.1) is 23.1 Å². The first-order valence-corrected chi connectivity index (χ1v) is 10.4. The van der Waals surface area contributed by atoms with Crippen molar-refractivity contribution in [1.29, 1.82) is 0 Å². The minimum atomic E-state index is 0.0861. The highest BCUT2D eigenvalue weighted by Gasteiger charge is 2.15. The average molecular weight is 385 g/mol. The van der Waals surface area contributed by atoms with Gasteiger partial charge >= 0.3 is 0 Å². The van der Waals surface area contributed by atoms with E-state index in [0.29, 0.717) is 5.11 Å². The van der Waals surface area contributed by atoms with Crippen molar-refractivity contribution >= 4 is 40.4 Å². The molecule has 0 spiro atoms. The Bertz CT molecular complexity index is 758. The molecule has 0 saturated carbocycles. The highest BCUT2D eigenvalue weighted by Crippen LogP contribution is 2.25. The van der Waals surface area contributed by atoms with Crippen molar-refractivity contribution in [3.63, 3.8) is 0 Å². The number of nitrogens with one attached hydrogen (secondary N) is 2. The first kappa shape index (κ1) is 18.0. The second kappa shape index (κ2) is 9.61. The fourth-order valence-corrected chi connectivity index (χ4v) is 4.26. The van der Waals surface area contributed by atoms with Crippen LogP contribution in [0.3, 0.4) is 0 Å². The highest BCUT2D eigenvalue weighted by molar-refractivity contribution is 7.99. The minimum Gasteiger partial charge on any atom is -0.362 e. The summed E-state index contributed by atoms with van der Waals surface area (Å²) in [4.78, 5) is 2.54. The third-order valence-corrected chi connectivity index (χ3v) is 5.85. The summed E-state index contributed by atoms with van der Waals surface area (Å²) < 4.78 is 0. The predicted molar refractivity (Wildman–Crippen MR) is 114 cm³/mol. The van der Waals surface area contributed by atoms with Crippen molar-refractivity contribution in [1.82, 2.24) is 10.6 Å². The van der Waals surface area contributed by atoms with E-state index in [0.717, 1.165) is 12.3 Å². The number of thiophene rings is 1. The van der Waals surface area contributed by atoms with Gasteiger partial charge < -0.3 is 10.6 Å². The zero-order valence-electron chi connectivity index (χ0n) is 13.7. The van der Waals surface area contributed by atoms with Crippen molar-refractivity contribution in [3.05, 3.63) is 88.6 Å². The number of thioether (sulfide) groups is 1. The van der Waals surface area contributed by atoms with Gasteiger partial charge in [0.05, 0.1) is 6.04 Å². The van der Waals surface area contributed by atoms with Gasteiger partial charge in [0.15, 0.2) is 5.11 Å². The summed E-state index contributed by atoms with van der Waals surface area (Å²) in [6, 6.07) is 25.1. The Labute approximate surface area is 162 Å². The number of benzene rings is 2. The van der Waals surface area contributed by atoms with Crippen LogP contribution in [0, 0.1) is 0 Å². The molecule has 0 amide bonds. The fraction of sp³-hybridized carbons (Fsp3) is 0.150. The van der Waals surface area contributed by atoms with Crippen molar-refractivity contribution in [2.75, 3.05) is 12.3 Å². The highest BCUT2D eigenvalue weighted by atomic mass is 32.2. The average Bonchev–Trinajstić information content (AvgIpc) is 3.19. The predicted octanol–water partition coefficient (Wildman–Crippen LogP) is 5.09. The molecule has 0 aliphatic carbocycles. The lowest BCUT2D eigenvalue weighted by molar-refractivity contribution is 0.756. The molecule has 3 rings (SSSR count). The number of hydrogen-bond donors (Lipinski definition) is 2. The van der Waals surface area contributed by atoms with Gasteiger partial charge in [0.25, 0.3) is 0 Å². The Morgan fingerprint density at radius 2 is 1.68 bits per heavy atom. The fourth-order valence-electron chi connectivity index (χ4n) is 2.45. The molecule has 0 fully saturated rings. The van der Waals surface area contributed by atoms with Crippen molar-refractivity contribution in [2.45, 2.75) is 10.9 Å². The van der Waals surface area contributed by atoms with Crippen LogP contribution in [-0.4, -0.2) is 17.4 Å². The molecule has 128 valence electrons. The molecule has 0 aliphatic heterocycles. The van der Waals surface area contributed by atoms with E-state index in [1.807, 2.05) is 23.9 Å². The molecule has 0 bridgehead atoms. The van der Waals surface area contributed by atoms with E-state index in [-0.39, 0.29) is 6.04 Å². The summed E-state index contributed by atoms with van der Waals surface area (Å²) in [5.74, 6) is 0.973. The maximum Gasteiger partial charge on any atom is 0.167 e. The normalized spacial score (nSPS) is 11.7. The van der Waals surface area contributed by atoms with Crippen molar-refractivity contribution in [2.24, 2.45) is 0 Å². The van der Waals surface area contributed by atoms with E-state index in [4.69, 9.17) is 12.2 Å². The van der Waals surface area contributed by atoms with Crippen LogP contribution >= 0.6 is 35.3 Å². The van der Waals surface area contributed by atoms with E-state index in [1.54, 1.807) is 11.3 Å². The molecule has 0 aliphatic rings. The summed E-state index contributed by atoms with van der Waals surface area (Å²) in [6.07, 6.45) is 0. The summed E-state index contributed by atoms with van der Waals surface area (Å²) >= 11 is 9.07. The van der Waals surface area contributed by atoms with Crippen LogP contribution in [0.2, 0.25) is 0 Å². The van der Waals surface area contributed by atoms with Crippen molar-refractivity contribution < 1.29 is 0 Å². The Morgan fingerprint density at radius 1 is 0.960 bits per heavy atom. The number of hydrogen-bond acceptors (Lipinski definition) is 3. The Kier molecular flexibility index (Phi) is 6.91. The molecular weight excluding hydrogens is 364 g/mol. The number of rotatable bonds is 7. The van der Waals surface area contributed by atoms with Crippen LogP contribution < -0.4 is 10.6 Å². The maximum absolute atomic E-state index is 5.51. The Hall–Kier alpha value is -1.82. The molecule has 3 aromatic rings. The zero-order valence-corrected chi connectivity index (χ0v) is 16.2. The first-order chi connectivity index (χ1) is 12.3. The second-order valence-corrected chi connectivity index (χ2v) is 7.98. The van der Waals surface area contributed by atoms with Crippen LogP contribution in [0.1, 0.15) is 16.5 Å². The summed E-state index contributed by atoms with van der Waals surface area (Å²) in [7, 11) is 0. The zero-order chi connectivity index (χ0) is 17.3. The lowest BCUT2D eigenvalue weighted by atomic mass is 10.1. The molecule has 1 atom stereocenters. The smallest absolute Gasteiger partial charge is 0.167 e. The van der Waals surface area contributed by atoms with Gasteiger partial charge in [-0.1, -0.05) is 54.6 Å². The van der Waals surface area contributed by atoms with E-state index in [2.05, 4.69) is 76.7 Å². The summed E-state index contributed by atoms with van der Waals surface area (Å²) in [5, 5.41) is 9.56. The van der Waals surface area contributed by atoms with E-state index in [1.165, 1.54) is 15.3 Å². The molecule has 2 aromatic carbocycles. The van der Waals surface area contributed by atoms with E-state index >= 15 is 0 Å². The lowest BCUT2D eigenvalue weighted by Gasteiger charge is -2.20. The summed E-state index contributed by atoms with van der Waals surface area (Å²) in [5.41, 5.74) is 1.22. The molecule has 2 N–H and O–H groups in total. The van der Waals surface area contributed by atoms with Gasteiger partial charge in [-0.3, -0.25) is 0 Å². The SMILES string of the molecule is S=C(NCCSc1ccccc1)N[C@@H](c1ccccc1)c1cccs1. The molecule has 1 heterocycles. The first-order valence-electron chi connectivity index (χ1n) is 8.13. The molecular formula is C20H20N2S3. The molecule has 2 nitrogen and oxygen atoms in total. The molecule has 5 heteroatoms. The van der Waals surface area contributed by atoms with Crippen LogP contribution in [0.15, 0.2) is 83.1 Å². The van der Waals surface area contributed by atoms with E-state index in [9.17, 15) is 0 Å². The van der Waals surface area contributed by atoms with Crippen LogP contribution in [0.5, 0.6) is 0 Å². The lowest BCUT2D eigenvalue weighted by Crippen LogP contribution is -2.38. The van der Waals surface area contributed by atoms with Crippen LogP contribution in [0.4, 0.5) is 0 Å². The maximum atomic E-state index is 5.51. The van der Waals surface area contributed by atoms with Crippen LogP contribution in [0.25, 0.3) is 0 Å². The Balaban J connectivity index is 1.52. The van der Waals surface area contributed by atoms with Crippen molar-refractivity contribution in [3.8, 4) is 0 Å². The van der Waals surface area contributed by atoms with Gasteiger partial charge in [-0.25, -0.2) is 0 Å². The topological polar surface area (TPSA) is 24.1 Å². The van der Waals surface area contributed by atoms with Gasteiger partial charge in [0.2, 0.25) is 0 Å². The van der Waals surface area contributed by atoms with Crippen LogP contribution in [-0.2, 0) is 0 Å². The van der Waals surface area contributed by atoms with Gasteiger partial charge in [-0.2, -0.15) is 0 Å². The quantitative estimate of drug-likeness (QED) is 0.336. The molecule has 1 aromatic heterocycles. The molecule has 0 unspecified atom stereocenters. The van der Waals surface area contributed by atoms with Gasteiger partial charge in [0.1, 0.15) is 0 Å². The molecule has 0 saturated heterocycles. The minimum absolute atomic E-state index is 0.0861. The van der Waals surface area contributed by atoms with Gasteiger partial charge in [0, 0.05) is 22.1 Å². The Morgan fingerprint density at radius 3 is 2.36 bits per heavy atom. The van der Waals surface area contributed by atoms with Gasteiger partial charge in [-0.05, 0) is 41.4 Å². The second-order valence-electron chi connectivity index (χ2n) is 5.42. The number of thiocarbonyl (C=S) groups is 1. The standard InChI is InChI=1S/C20H20N2S3/c23-20(21-13-15-24-17-10-5-2-6-11-17)22-19(18-12-7-14-25-18)16-8-3-1-4-9-16/h1-12,14,19H,13,15H2,(H2,21,22,23)/t19-/m0/s1. The molecule has 0 radical (unpaired) electrons. The largest absolute Gasteiger partial charge is 0.362 e. The summed E-state index contributed by atoms with van der Waals surface area (Å²) in [6.45, 7) is 0.831. The van der Waals surface area contributed by atoms with E-state index < -0.39 is 0 Å².